The maximum Gasteiger partial charge on any atom is 0.179 e. The standard InChI is InChI=1S/C17H22N6O3S/c1-3-11-8-12(22-26-6-7-27(2,24)25)9-13(11)17-21-20-15-10-19-16-14(23(15)17)4-5-18-16/h4-5,10-11,13,18H,3,6-9H2,1-2H3/b22-12-/t11-,13+/m1/s1. The largest absolute Gasteiger partial charge is 0.395 e. The number of aromatic nitrogens is 5. The number of fused-ring (bicyclic) bond motifs is 3. The first kappa shape index (κ1) is 17.9. The van der Waals surface area contributed by atoms with E-state index in [1.54, 1.807) is 6.20 Å². The second kappa shape index (κ2) is 6.91. The van der Waals surface area contributed by atoms with E-state index in [2.05, 4.69) is 36.6 Å². The maximum atomic E-state index is 11.2. The van der Waals surface area contributed by atoms with E-state index in [4.69, 9.17) is 4.84 Å². The number of hydrogen-bond donors (Lipinski definition) is 1. The van der Waals surface area contributed by atoms with Gasteiger partial charge in [-0.2, -0.15) is 0 Å². The topological polar surface area (TPSA) is 115 Å². The monoisotopic (exact) mass is 390 g/mol. The predicted octanol–water partition coefficient (Wildman–Crippen LogP) is 1.93. The van der Waals surface area contributed by atoms with Gasteiger partial charge in [0.1, 0.15) is 12.4 Å². The lowest BCUT2D eigenvalue weighted by molar-refractivity contribution is 0.159. The zero-order valence-corrected chi connectivity index (χ0v) is 16.1. The van der Waals surface area contributed by atoms with Crippen LogP contribution < -0.4 is 0 Å². The molecule has 3 heterocycles. The Bertz CT molecular complexity index is 1100. The van der Waals surface area contributed by atoms with E-state index in [-0.39, 0.29) is 18.3 Å². The molecule has 0 saturated heterocycles. The van der Waals surface area contributed by atoms with E-state index in [0.717, 1.165) is 47.6 Å². The molecule has 4 rings (SSSR count). The minimum absolute atomic E-state index is 0.0301. The zero-order chi connectivity index (χ0) is 19.0. The highest BCUT2D eigenvalue weighted by Gasteiger charge is 2.35. The molecule has 0 aromatic carbocycles. The average Bonchev–Trinajstić information content (AvgIpc) is 3.33. The van der Waals surface area contributed by atoms with Crippen LogP contribution in [-0.2, 0) is 14.7 Å². The van der Waals surface area contributed by atoms with Crippen LogP contribution in [0.3, 0.4) is 0 Å². The average molecular weight is 390 g/mol. The molecule has 1 saturated carbocycles. The molecule has 144 valence electrons. The smallest absolute Gasteiger partial charge is 0.179 e. The van der Waals surface area contributed by atoms with Crippen LogP contribution >= 0.6 is 0 Å². The third kappa shape index (κ3) is 3.53. The fraction of sp³-hybridized carbons (Fsp3) is 0.529. The first-order valence-corrected chi connectivity index (χ1v) is 11.0. The lowest BCUT2D eigenvalue weighted by Gasteiger charge is -2.15. The SMILES string of the molecule is CC[C@@H]1C/C(=N/OCCS(C)(=O)=O)C[C@@H]1c1nnc2cnc3[nH]ccc3n12. The predicted molar refractivity (Wildman–Crippen MR) is 101 cm³/mol. The van der Waals surface area contributed by atoms with Crippen LogP contribution in [0.5, 0.6) is 0 Å². The molecule has 9 nitrogen and oxygen atoms in total. The molecule has 10 heteroatoms. The van der Waals surface area contributed by atoms with Gasteiger partial charge in [-0.3, -0.25) is 4.40 Å². The summed E-state index contributed by atoms with van der Waals surface area (Å²) >= 11 is 0. The van der Waals surface area contributed by atoms with E-state index in [9.17, 15) is 8.42 Å². The van der Waals surface area contributed by atoms with E-state index in [1.165, 1.54) is 6.26 Å². The summed E-state index contributed by atoms with van der Waals surface area (Å²) in [6.45, 7) is 2.23. The van der Waals surface area contributed by atoms with E-state index in [1.807, 2.05) is 12.3 Å². The highest BCUT2D eigenvalue weighted by molar-refractivity contribution is 7.90. The molecule has 3 aromatic heterocycles. The summed E-state index contributed by atoms with van der Waals surface area (Å²) in [5.41, 5.74) is 3.42. The van der Waals surface area contributed by atoms with Crippen LogP contribution in [0, 0.1) is 5.92 Å². The lowest BCUT2D eigenvalue weighted by Crippen LogP contribution is -2.09. The summed E-state index contributed by atoms with van der Waals surface area (Å²) in [5, 5.41) is 12.9. The van der Waals surface area contributed by atoms with Crippen molar-refractivity contribution >= 4 is 32.4 Å². The number of sulfone groups is 1. The number of nitrogens with one attached hydrogen (secondary N) is 1. The Labute approximate surface area is 156 Å². The first-order valence-electron chi connectivity index (χ1n) is 8.99. The Morgan fingerprint density at radius 1 is 1.37 bits per heavy atom. The molecule has 1 aliphatic rings. The lowest BCUT2D eigenvalue weighted by atomic mass is 9.93. The minimum atomic E-state index is -3.05. The van der Waals surface area contributed by atoms with Gasteiger partial charge in [0, 0.05) is 18.4 Å². The Balaban J connectivity index is 1.60. The van der Waals surface area contributed by atoms with Gasteiger partial charge in [0.25, 0.3) is 0 Å². The van der Waals surface area contributed by atoms with Crippen LogP contribution in [0.15, 0.2) is 23.6 Å². The normalized spacial score (nSPS) is 22.2. The van der Waals surface area contributed by atoms with Gasteiger partial charge in [0.2, 0.25) is 0 Å². The molecule has 0 bridgehead atoms. The van der Waals surface area contributed by atoms with Crippen LogP contribution in [0.2, 0.25) is 0 Å². The molecule has 1 N–H and O–H groups in total. The van der Waals surface area contributed by atoms with Crippen LogP contribution in [0.1, 0.15) is 37.9 Å². The van der Waals surface area contributed by atoms with Crippen molar-refractivity contribution in [1.29, 1.82) is 0 Å². The molecular formula is C17H22N6O3S. The summed E-state index contributed by atoms with van der Waals surface area (Å²) < 4.78 is 24.4. The molecule has 1 fully saturated rings. The van der Waals surface area contributed by atoms with Gasteiger partial charge in [-0.25, -0.2) is 13.4 Å². The molecule has 0 amide bonds. The van der Waals surface area contributed by atoms with Crippen molar-refractivity contribution in [2.75, 3.05) is 18.6 Å². The summed E-state index contributed by atoms with van der Waals surface area (Å²) in [6.07, 6.45) is 7.30. The fourth-order valence-electron chi connectivity index (χ4n) is 3.72. The number of aromatic amines is 1. The number of nitrogens with zero attached hydrogens (tertiary/aromatic N) is 5. The second-order valence-electron chi connectivity index (χ2n) is 7.03. The van der Waals surface area contributed by atoms with Crippen molar-refractivity contribution in [2.45, 2.75) is 32.1 Å². The Hall–Kier alpha value is -2.49. The van der Waals surface area contributed by atoms with Crippen molar-refractivity contribution in [3.63, 3.8) is 0 Å². The number of hydrogen-bond acceptors (Lipinski definition) is 7. The third-order valence-corrected chi connectivity index (χ3v) is 5.99. The molecule has 3 aromatic rings. The van der Waals surface area contributed by atoms with E-state index in [0.29, 0.717) is 5.92 Å². The van der Waals surface area contributed by atoms with Gasteiger partial charge in [0.15, 0.2) is 21.1 Å². The quantitative estimate of drug-likeness (QED) is 0.508. The Morgan fingerprint density at radius 2 is 2.22 bits per heavy atom. The molecule has 1 aliphatic carbocycles. The molecular weight excluding hydrogens is 368 g/mol. The summed E-state index contributed by atoms with van der Waals surface area (Å²) in [5.74, 6) is 1.45. The number of oxime groups is 1. The zero-order valence-electron chi connectivity index (χ0n) is 15.3. The van der Waals surface area contributed by atoms with Gasteiger partial charge < -0.3 is 9.82 Å². The van der Waals surface area contributed by atoms with Crippen LogP contribution in [0.25, 0.3) is 16.8 Å². The molecule has 0 radical (unpaired) electrons. The van der Waals surface area contributed by atoms with Gasteiger partial charge in [-0.05, 0) is 24.8 Å². The van der Waals surface area contributed by atoms with Crippen LogP contribution in [0.4, 0.5) is 0 Å². The van der Waals surface area contributed by atoms with Crippen LogP contribution in [-0.4, -0.2) is 57.3 Å². The highest BCUT2D eigenvalue weighted by Crippen LogP contribution is 2.40. The van der Waals surface area contributed by atoms with E-state index < -0.39 is 9.84 Å². The first-order chi connectivity index (χ1) is 13.0. The van der Waals surface area contributed by atoms with Gasteiger partial charge >= 0.3 is 0 Å². The molecule has 0 unspecified atom stereocenters. The molecule has 0 aliphatic heterocycles. The summed E-state index contributed by atoms with van der Waals surface area (Å²) in [7, 11) is -3.05. The second-order valence-corrected chi connectivity index (χ2v) is 9.28. The van der Waals surface area contributed by atoms with Gasteiger partial charge in [-0.15, -0.1) is 10.2 Å². The van der Waals surface area contributed by atoms with Gasteiger partial charge in [-0.1, -0.05) is 18.5 Å². The number of H-pyrrole nitrogens is 1. The van der Waals surface area contributed by atoms with Crippen molar-refractivity contribution < 1.29 is 13.3 Å². The molecule has 27 heavy (non-hydrogen) atoms. The van der Waals surface area contributed by atoms with Crippen molar-refractivity contribution in [1.82, 2.24) is 24.6 Å². The summed E-state index contributed by atoms with van der Waals surface area (Å²) in [6, 6.07) is 1.97. The highest BCUT2D eigenvalue weighted by atomic mass is 32.2. The molecule has 0 spiro atoms. The maximum absolute atomic E-state index is 11.2. The minimum Gasteiger partial charge on any atom is -0.395 e. The third-order valence-electron chi connectivity index (χ3n) is 5.08. The fourth-order valence-corrected chi connectivity index (χ4v) is 4.10. The van der Waals surface area contributed by atoms with E-state index >= 15 is 0 Å². The van der Waals surface area contributed by atoms with Gasteiger partial charge in [0.05, 0.1) is 23.2 Å². The Morgan fingerprint density at radius 3 is 3.00 bits per heavy atom. The van der Waals surface area contributed by atoms with Crippen molar-refractivity contribution in [2.24, 2.45) is 11.1 Å². The molecule has 2 atom stereocenters. The Kier molecular flexibility index (Phi) is 4.58. The summed E-state index contributed by atoms with van der Waals surface area (Å²) in [4.78, 5) is 12.7. The van der Waals surface area contributed by atoms with Crippen molar-refractivity contribution in [3.8, 4) is 0 Å². The van der Waals surface area contributed by atoms with Crippen molar-refractivity contribution in [3.05, 3.63) is 24.3 Å². The number of rotatable bonds is 6.